The van der Waals surface area contributed by atoms with Crippen LogP contribution in [0.4, 0.5) is 4.39 Å². The van der Waals surface area contributed by atoms with Crippen molar-refractivity contribution in [1.82, 2.24) is 4.98 Å². The van der Waals surface area contributed by atoms with Crippen molar-refractivity contribution in [2.45, 2.75) is 0 Å². The maximum absolute atomic E-state index is 13.7. The van der Waals surface area contributed by atoms with Gasteiger partial charge in [0.2, 0.25) is 5.88 Å². The minimum absolute atomic E-state index is 0.00214. The topological polar surface area (TPSA) is 59.4 Å². The number of ether oxygens (including phenoxy) is 1. The van der Waals surface area contributed by atoms with Crippen LogP contribution in [-0.2, 0) is 0 Å². The third-order valence-corrected chi connectivity index (χ3v) is 2.97. The molecule has 1 aromatic heterocycles. The molecule has 0 aliphatic rings. The first-order valence-electron chi connectivity index (χ1n) is 6.20. The lowest BCUT2D eigenvalue weighted by molar-refractivity contribution is 0.0690. The standard InChI is InChI=1S/C16H10FNO3/c17-12-7-3-4-8-14(12)21-15-11-6-2-1-5-10(11)9-13(18-15)16(19)20/h1-9H,(H,19,20). The largest absolute Gasteiger partial charge is 0.477 e. The molecule has 0 radical (unpaired) electrons. The van der Waals surface area contributed by atoms with Gasteiger partial charge in [-0.2, -0.15) is 0 Å². The lowest BCUT2D eigenvalue weighted by atomic mass is 10.1. The fraction of sp³-hybridized carbons (Fsp3) is 0. The molecule has 5 heteroatoms. The summed E-state index contributed by atoms with van der Waals surface area (Å²) in [6, 6.07) is 14.4. The molecule has 0 aliphatic heterocycles. The van der Waals surface area contributed by atoms with E-state index in [0.717, 1.165) is 0 Å². The van der Waals surface area contributed by atoms with E-state index in [1.807, 2.05) is 0 Å². The predicted octanol–water partition coefficient (Wildman–Crippen LogP) is 3.86. The van der Waals surface area contributed by atoms with Crippen molar-refractivity contribution < 1.29 is 19.0 Å². The fourth-order valence-corrected chi connectivity index (χ4v) is 1.99. The molecule has 1 heterocycles. The summed E-state index contributed by atoms with van der Waals surface area (Å²) in [5.41, 5.74) is -0.153. The Morgan fingerprint density at radius 2 is 1.81 bits per heavy atom. The van der Waals surface area contributed by atoms with Crippen LogP contribution >= 0.6 is 0 Å². The molecule has 0 aliphatic carbocycles. The highest BCUT2D eigenvalue weighted by Crippen LogP contribution is 2.30. The lowest BCUT2D eigenvalue weighted by Crippen LogP contribution is -2.02. The summed E-state index contributed by atoms with van der Waals surface area (Å²) >= 11 is 0. The van der Waals surface area contributed by atoms with Crippen LogP contribution in [0.1, 0.15) is 10.5 Å². The Hall–Kier alpha value is -2.95. The zero-order valence-electron chi connectivity index (χ0n) is 10.8. The van der Waals surface area contributed by atoms with Gasteiger partial charge in [0.15, 0.2) is 17.3 Å². The van der Waals surface area contributed by atoms with Crippen molar-refractivity contribution in [2.24, 2.45) is 0 Å². The van der Waals surface area contributed by atoms with Crippen LogP contribution in [0.15, 0.2) is 54.6 Å². The van der Waals surface area contributed by atoms with Gasteiger partial charge < -0.3 is 9.84 Å². The summed E-state index contributed by atoms with van der Waals surface area (Å²) in [5.74, 6) is -1.64. The molecule has 0 bridgehead atoms. The van der Waals surface area contributed by atoms with E-state index in [4.69, 9.17) is 9.84 Å². The van der Waals surface area contributed by atoms with Crippen LogP contribution in [0.5, 0.6) is 11.6 Å². The third-order valence-electron chi connectivity index (χ3n) is 2.97. The van der Waals surface area contributed by atoms with Crippen molar-refractivity contribution in [1.29, 1.82) is 0 Å². The Labute approximate surface area is 119 Å². The number of pyridine rings is 1. The maximum Gasteiger partial charge on any atom is 0.354 e. The van der Waals surface area contributed by atoms with E-state index in [1.165, 1.54) is 18.2 Å². The molecule has 2 aromatic carbocycles. The fourth-order valence-electron chi connectivity index (χ4n) is 1.99. The summed E-state index contributed by atoms with van der Waals surface area (Å²) in [4.78, 5) is 15.1. The molecule has 0 spiro atoms. The monoisotopic (exact) mass is 283 g/mol. The second kappa shape index (κ2) is 5.20. The SMILES string of the molecule is O=C(O)c1cc2ccccc2c(Oc2ccccc2F)n1. The molecule has 21 heavy (non-hydrogen) atoms. The van der Waals surface area contributed by atoms with Gasteiger partial charge in [-0.3, -0.25) is 0 Å². The second-order valence-corrected chi connectivity index (χ2v) is 4.37. The summed E-state index contributed by atoms with van der Waals surface area (Å²) in [6.07, 6.45) is 0. The van der Waals surface area contributed by atoms with E-state index in [-0.39, 0.29) is 17.3 Å². The number of halogens is 1. The van der Waals surface area contributed by atoms with Crippen molar-refractivity contribution in [3.8, 4) is 11.6 Å². The molecule has 104 valence electrons. The lowest BCUT2D eigenvalue weighted by Gasteiger charge is -2.09. The van der Waals surface area contributed by atoms with E-state index in [0.29, 0.717) is 10.8 Å². The molecule has 0 saturated heterocycles. The zero-order valence-corrected chi connectivity index (χ0v) is 10.8. The number of para-hydroxylation sites is 1. The molecular formula is C16H10FNO3. The van der Waals surface area contributed by atoms with Crippen LogP contribution in [0.25, 0.3) is 10.8 Å². The van der Waals surface area contributed by atoms with Crippen LogP contribution < -0.4 is 4.74 Å². The number of hydrogen-bond acceptors (Lipinski definition) is 3. The van der Waals surface area contributed by atoms with Gasteiger partial charge in [-0.15, -0.1) is 0 Å². The third kappa shape index (κ3) is 2.53. The van der Waals surface area contributed by atoms with Crippen LogP contribution in [-0.4, -0.2) is 16.1 Å². The van der Waals surface area contributed by atoms with Gasteiger partial charge in [0, 0.05) is 5.39 Å². The maximum atomic E-state index is 13.7. The minimum atomic E-state index is -1.17. The predicted molar refractivity (Wildman–Crippen MR) is 75.2 cm³/mol. The normalized spacial score (nSPS) is 10.5. The van der Waals surface area contributed by atoms with Crippen LogP contribution in [0, 0.1) is 5.82 Å². The van der Waals surface area contributed by atoms with E-state index in [9.17, 15) is 9.18 Å². The smallest absolute Gasteiger partial charge is 0.354 e. The van der Waals surface area contributed by atoms with Gasteiger partial charge in [0.1, 0.15) is 0 Å². The molecule has 0 amide bonds. The van der Waals surface area contributed by atoms with Crippen LogP contribution in [0.2, 0.25) is 0 Å². The van der Waals surface area contributed by atoms with Gasteiger partial charge in [-0.1, -0.05) is 30.3 Å². The van der Waals surface area contributed by atoms with Crippen molar-refractivity contribution in [3.05, 3.63) is 66.1 Å². The number of benzene rings is 2. The van der Waals surface area contributed by atoms with Gasteiger partial charge in [-0.05, 0) is 29.7 Å². The Morgan fingerprint density at radius 1 is 1.10 bits per heavy atom. The number of carbonyl (C=O) groups is 1. The summed E-state index contributed by atoms with van der Waals surface area (Å²) in [7, 11) is 0. The molecule has 3 rings (SSSR count). The highest BCUT2D eigenvalue weighted by molar-refractivity contribution is 5.94. The number of rotatable bonds is 3. The Kier molecular flexibility index (Phi) is 3.23. The number of aromatic carboxylic acids is 1. The van der Waals surface area contributed by atoms with E-state index >= 15 is 0 Å². The Bertz CT molecular complexity index is 833. The highest BCUT2D eigenvalue weighted by Gasteiger charge is 2.13. The highest BCUT2D eigenvalue weighted by atomic mass is 19.1. The van der Waals surface area contributed by atoms with Gasteiger partial charge in [0.05, 0.1) is 0 Å². The second-order valence-electron chi connectivity index (χ2n) is 4.37. The quantitative estimate of drug-likeness (QED) is 0.792. The molecule has 0 saturated carbocycles. The number of carboxylic acids is 1. The Balaban J connectivity index is 2.16. The van der Waals surface area contributed by atoms with Crippen molar-refractivity contribution >= 4 is 16.7 Å². The average molecular weight is 283 g/mol. The zero-order chi connectivity index (χ0) is 14.8. The number of nitrogens with zero attached hydrogens (tertiary/aromatic N) is 1. The number of aromatic nitrogens is 1. The van der Waals surface area contributed by atoms with Gasteiger partial charge in [0.25, 0.3) is 0 Å². The molecule has 1 N–H and O–H groups in total. The Morgan fingerprint density at radius 3 is 2.57 bits per heavy atom. The molecule has 0 atom stereocenters. The molecule has 3 aromatic rings. The first-order chi connectivity index (χ1) is 10.1. The molecule has 0 unspecified atom stereocenters. The first kappa shape index (κ1) is 13.1. The summed E-state index contributed by atoms with van der Waals surface area (Å²) in [6.45, 7) is 0. The van der Waals surface area contributed by atoms with Gasteiger partial charge >= 0.3 is 5.97 Å². The molecule has 4 nitrogen and oxygen atoms in total. The molecule has 0 fully saturated rings. The van der Waals surface area contributed by atoms with Crippen molar-refractivity contribution in [2.75, 3.05) is 0 Å². The summed E-state index contributed by atoms with van der Waals surface area (Å²) < 4.78 is 19.1. The first-order valence-corrected chi connectivity index (χ1v) is 6.20. The molecular weight excluding hydrogens is 273 g/mol. The van der Waals surface area contributed by atoms with E-state index in [1.54, 1.807) is 36.4 Å². The number of fused-ring (bicyclic) bond motifs is 1. The number of hydrogen-bond donors (Lipinski definition) is 1. The van der Waals surface area contributed by atoms with E-state index in [2.05, 4.69) is 4.98 Å². The number of carboxylic acid groups (broad SMARTS) is 1. The van der Waals surface area contributed by atoms with E-state index < -0.39 is 11.8 Å². The van der Waals surface area contributed by atoms with Crippen molar-refractivity contribution in [3.63, 3.8) is 0 Å². The minimum Gasteiger partial charge on any atom is -0.477 e. The average Bonchev–Trinajstić information content (AvgIpc) is 2.49. The van der Waals surface area contributed by atoms with Gasteiger partial charge in [-0.25, -0.2) is 14.2 Å². The van der Waals surface area contributed by atoms with Crippen LogP contribution in [0.3, 0.4) is 0 Å². The summed E-state index contributed by atoms with van der Waals surface area (Å²) in [5, 5.41) is 10.4.